The minimum absolute atomic E-state index is 0.166. The molecule has 1 atom stereocenters. The molecule has 2 rings (SSSR count). The van der Waals surface area contributed by atoms with Gasteiger partial charge in [-0.05, 0) is 39.0 Å². The Morgan fingerprint density at radius 3 is 2.96 bits per heavy atom. The van der Waals surface area contributed by atoms with E-state index in [1.165, 1.54) is 31.3 Å². The monoisotopic (exact) mass is 323 g/mol. The fourth-order valence-electron chi connectivity index (χ4n) is 3.51. The van der Waals surface area contributed by atoms with Crippen LogP contribution < -0.4 is 5.32 Å². The number of hydrogen-bond donors (Lipinski definition) is 1. The number of allylic oxidation sites excluding steroid dienone is 1. The van der Waals surface area contributed by atoms with E-state index in [1.54, 1.807) is 7.11 Å². The number of ether oxygens (including phenoxy) is 1. The van der Waals surface area contributed by atoms with Crippen molar-refractivity contribution in [1.82, 2.24) is 15.1 Å². The predicted octanol–water partition coefficient (Wildman–Crippen LogP) is 1.65. The molecule has 0 spiro atoms. The molecule has 1 aliphatic heterocycles. The lowest BCUT2D eigenvalue weighted by Crippen LogP contribution is -2.54. The van der Waals surface area contributed by atoms with Gasteiger partial charge in [-0.2, -0.15) is 0 Å². The van der Waals surface area contributed by atoms with Gasteiger partial charge in [-0.25, -0.2) is 0 Å². The fraction of sp³-hybridized carbons (Fsp3) is 0.833. The van der Waals surface area contributed by atoms with E-state index >= 15 is 0 Å². The molecule has 1 fully saturated rings. The summed E-state index contributed by atoms with van der Waals surface area (Å²) >= 11 is 0. The van der Waals surface area contributed by atoms with Gasteiger partial charge in [0, 0.05) is 45.9 Å². The predicted molar refractivity (Wildman–Crippen MR) is 93.5 cm³/mol. The lowest BCUT2D eigenvalue weighted by molar-refractivity contribution is -0.122. The maximum Gasteiger partial charge on any atom is 0.234 e. The zero-order valence-electron chi connectivity index (χ0n) is 14.9. The highest BCUT2D eigenvalue weighted by molar-refractivity contribution is 5.78. The van der Waals surface area contributed by atoms with Crippen LogP contribution in [0.25, 0.3) is 0 Å². The van der Waals surface area contributed by atoms with Gasteiger partial charge >= 0.3 is 0 Å². The number of carbonyl (C=O) groups is 1. The molecule has 23 heavy (non-hydrogen) atoms. The smallest absolute Gasteiger partial charge is 0.234 e. The molecule has 1 amide bonds. The van der Waals surface area contributed by atoms with Crippen LogP contribution in [0.4, 0.5) is 0 Å². The molecule has 2 aliphatic rings. The third-order valence-corrected chi connectivity index (χ3v) is 4.95. The SMILES string of the molecule is COCCN1CCN(CC(=O)NCCC2=CCCCC2)C[C@H]1C. The number of hydrogen-bond acceptors (Lipinski definition) is 4. The van der Waals surface area contributed by atoms with E-state index in [2.05, 4.69) is 28.1 Å². The molecule has 0 unspecified atom stereocenters. The van der Waals surface area contributed by atoms with Gasteiger partial charge in [-0.15, -0.1) is 0 Å². The zero-order chi connectivity index (χ0) is 16.5. The number of rotatable bonds is 8. The minimum atomic E-state index is 0.166. The summed E-state index contributed by atoms with van der Waals surface area (Å²) in [6.45, 7) is 8.25. The zero-order valence-corrected chi connectivity index (χ0v) is 14.9. The molecule has 1 N–H and O–H groups in total. The molecule has 5 nitrogen and oxygen atoms in total. The summed E-state index contributed by atoms with van der Waals surface area (Å²) in [6, 6.07) is 0.485. The molecular weight excluding hydrogens is 290 g/mol. The topological polar surface area (TPSA) is 44.8 Å². The Kier molecular flexibility index (Phi) is 8.06. The number of carbonyl (C=O) groups excluding carboxylic acids is 1. The van der Waals surface area contributed by atoms with Crippen molar-refractivity contribution >= 4 is 5.91 Å². The van der Waals surface area contributed by atoms with Crippen LogP contribution in [-0.4, -0.2) is 74.7 Å². The molecule has 0 saturated carbocycles. The second kappa shape index (κ2) is 10.1. The Balaban J connectivity index is 1.61. The summed E-state index contributed by atoms with van der Waals surface area (Å²) in [5, 5.41) is 3.08. The lowest BCUT2D eigenvalue weighted by atomic mass is 9.97. The summed E-state index contributed by atoms with van der Waals surface area (Å²) in [7, 11) is 1.74. The van der Waals surface area contributed by atoms with Crippen LogP contribution in [0.2, 0.25) is 0 Å². The maximum atomic E-state index is 12.1. The van der Waals surface area contributed by atoms with E-state index in [0.717, 1.165) is 45.8 Å². The molecule has 1 saturated heterocycles. The highest BCUT2D eigenvalue weighted by atomic mass is 16.5. The quantitative estimate of drug-likeness (QED) is 0.690. The van der Waals surface area contributed by atoms with Crippen molar-refractivity contribution in [3.05, 3.63) is 11.6 Å². The van der Waals surface area contributed by atoms with Gasteiger partial charge in [0.1, 0.15) is 0 Å². The van der Waals surface area contributed by atoms with E-state index in [0.29, 0.717) is 12.6 Å². The van der Waals surface area contributed by atoms with E-state index in [1.807, 2.05) is 0 Å². The van der Waals surface area contributed by atoms with Crippen molar-refractivity contribution < 1.29 is 9.53 Å². The molecule has 0 bridgehead atoms. The third-order valence-electron chi connectivity index (χ3n) is 4.95. The van der Waals surface area contributed by atoms with Crippen molar-refractivity contribution in [1.29, 1.82) is 0 Å². The van der Waals surface area contributed by atoms with Gasteiger partial charge in [0.25, 0.3) is 0 Å². The molecule has 0 radical (unpaired) electrons. The lowest BCUT2D eigenvalue weighted by Gasteiger charge is -2.39. The molecule has 0 aromatic carbocycles. The van der Waals surface area contributed by atoms with Crippen LogP contribution in [0.5, 0.6) is 0 Å². The third kappa shape index (κ3) is 6.61. The van der Waals surface area contributed by atoms with Gasteiger partial charge in [-0.3, -0.25) is 14.6 Å². The standard InChI is InChI=1S/C18H33N3O2/c1-16-14-20(10-11-21(16)12-13-23-2)15-18(22)19-9-8-17-6-4-3-5-7-17/h6,16H,3-5,7-15H2,1-2H3,(H,19,22)/t16-/m1/s1. The normalized spacial score (nSPS) is 23.6. The van der Waals surface area contributed by atoms with Crippen LogP contribution in [0.1, 0.15) is 39.0 Å². The molecular formula is C18H33N3O2. The van der Waals surface area contributed by atoms with Gasteiger partial charge in [0.15, 0.2) is 0 Å². The number of piperazine rings is 1. The number of nitrogens with one attached hydrogen (secondary N) is 1. The van der Waals surface area contributed by atoms with Crippen molar-refractivity contribution in [2.24, 2.45) is 0 Å². The highest BCUT2D eigenvalue weighted by Crippen LogP contribution is 2.19. The summed E-state index contributed by atoms with van der Waals surface area (Å²) in [5.41, 5.74) is 1.52. The Hall–Kier alpha value is -0.910. The Bertz CT molecular complexity index is 398. The summed E-state index contributed by atoms with van der Waals surface area (Å²) in [6.07, 6.45) is 8.45. The van der Waals surface area contributed by atoms with Crippen LogP contribution in [0, 0.1) is 0 Å². The fourth-order valence-corrected chi connectivity index (χ4v) is 3.51. The molecule has 1 aliphatic carbocycles. The van der Waals surface area contributed by atoms with E-state index in [9.17, 15) is 4.79 Å². The van der Waals surface area contributed by atoms with E-state index in [4.69, 9.17) is 4.74 Å². The van der Waals surface area contributed by atoms with Crippen LogP contribution >= 0.6 is 0 Å². The first-order valence-corrected chi connectivity index (χ1v) is 9.09. The summed E-state index contributed by atoms with van der Waals surface area (Å²) in [4.78, 5) is 16.8. The van der Waals surface area contributed by atoms with Crippen molar-refractivity contribution in [3.8, 4) is 0 Å². The number of methoxy groups -OCH3 is 1. The summed E-state index contributed by atoms with van der Waals surface area (Å²) in [5.74, 6) is 0.166. The molecule has 1 heterocycles. The first kappa shape index (κ1) is 18.4. The average Bonchev–Trinajstić information content (AvgIpc) is 2.55. The first-order chi connectivity index (χ1) is 11.2. The number of amides is 1. The Morgan fingerprint density at radius 1 is 1.39 bits per heavy atom. The van der Waals surface area contributed by atoms with E-state index < -0.39 is 0 Å². The highest BCUT2D eigenvalue weighted by Gasteiger charge is 2.24. The van der Waals surface area contributed by atoms with Gasteiger partial charge in [-0.1, -0.05) is 11.6 Å². The van der Waals surface area contributed by atoms with Crippen LogP contribution in [0.3, 0.4) is 0 Å². The number of nitrogens with zero attached hydrogens (tertiary/aromatic N) is 2. The average molecular weight is 323 g/mol. The first-order valence-electron chi connectivity index (χ1n) is 9.09. The van der Waals surface area contributed by atoms with Crippen molar-refractivity contribution in [3.63, 3.8) is 0 Å². The van der Waals surface area contributed by atoms with Gasteiger partial charge in [0.2, 0.25) is 5.91 Å². The maximum absolute atomic E-state index is 12.1. The van der Waals surface area contributed by atoms with Crippen LogP contribution in [0.15, 0.2) is 11.6 Å². The second-order valence-corrected chi connectivity index (χ2v) is 6.82. The summed E-state index contributed by atoms with van der Waals surface area (Å²) < 4.78 is 5.15. The minimum Gasteiger partial charge on any atom is -0.383 e. The largest absolute Gasteiger partial charge is 0.383 e. The van der Waals surface area contributed by atoms with Crippen molar-refractivity contribution in [2.45, 2.75) is 45.1 Å². The van der Waals surface area contributed by atoms with Crippen LogP contribution in [-0.2, 0) is 9.53 Å². The van der Waals surface area contributed by atoms with Gasteiger partial charge < -0.3 is 10.1 Å². The Labute approximate surface area is 141 Å². The van der Waals surface area contributed by atoms with E-state index in [-0.39, 0.29) is 5.91 Å². The molecule has 0 aromatic heterocycles. The molecule has 5 heteroatoms. The second-order valence-electron chi connectivity index (χ2n) is 6.82. The van der Waals surface area contributed by atoms with Gasteiger partial charge in [0.05, 0.1) is 13.2 Å². The Morgan fingerprint density at radius 2 is 2.26 bits per heavy atom. The molecule has 0 aromatic rings. The molecule has 132 valence electrons. The van der Waals surface area contributed by atoms with Crippen molar-refractivity contribution in [2.75, 3.05) is 53.0 Å².